The molecule has 0 aliphatic heterocycles. The Hall–Kier alpha value is -2.65. The summed E-state index contributed by atoms with van der Waals surface area (Å²) in [6.45, 7) is 0.299. The van der Waals surface area contributed by atoms with E-state index in [1.807, 2.05) is 12.1 Å². The number of ether oxygens (including phenoxy) is 1. The van der Waals surface area contributed by atoms with E-state index in [9.17, 15) is 13.2 Å². The summed E-state index contributed by atoms with van der Waals surface area (Å²) in [5.41, 5.74) is 3.70. The Labute approximate surface area is 176 Å². The normalized spacial score (nSPS) is 14.8. The van der Waals surface area contributed by atoms with Crippen LogP contribution in [0.3, 0.4) is 0 Å². The van der Waals surface area contributed by atoms with Crippen molar-refractivity contribution in [2.75, 3.05) is 13.7 Å². The summed E-state index contributed by atoms with van der Waals surface area (Å²) in [5.74, 6) is 1.32. The first kappa shape index (κ1) is 20.6. The van der Waals surface area contributed by atoms with Crippen LogP contribution >= 0.6 is 0 Å². The van der Waals surface area contributed by atoms with Crippen LogP contribution in [0.1, 0.15) is 43.1 Å². The molecule has 0 bridgehead atoms. The first-order chi connectivity index (χ1) is 14.5. The van der Waals surface area contributed by atoms with E-state index in [4.69, 9.17) is 14.1 Å². The van der Waals surface area contributed by atoms with E-state index in [-0.39, 0.29) is 11.3 Å². The molecule has 0 atom stereocenters. The molecule has 3 aromatic rings. The second-order valence-electron chi connectivity index (χ2n) is 7.65. The molecular weight excluding hydrogens is 406 g/mol. The van der Waals surface area contributed by atoms with Gasteiger partial charge in [-0.25, -0.2) is 18.1 Å². The fraction of sp³-hybridized carbons (Fsp3) is 0.429. The van der Waals surface area contributed by atoms with E-state index in [0.29, 0.717) is 24.5 Å². The number of aromatic nitrogens is 2. The highest BCUT2D eigenvalue weighted by molar-refractivity contribution is 7.70. The third-order valence-corrected chi connectivity index (χ3v) is 6.09. The number of rotatable bonds is 7. The quantitative estimate of drug-likeness (QED) is 0.557. The SMILES string of the molecule is COc1cc(-c2cc(CCN[SH](=O)=O)cc3nc(C4CCCC4)oc23)cn(C)c1=O. The lowest BCUT2D eigenvalue weighted by Crippen LogP contribution is -2.17. The van der Waals surface area contributed by atoms with Crippen molar-refractivity contribution in [1.82, 2.24) is 14.3 Å². The van der Waals surface area contributed by atoms with Gasteiger partial charge in [0.15, 0.2) is 17.2 Å². The van der Waals surface area contributed by atoms with Crippen LogP contribution in [-0.4, -0.2) is 31.6 Å². The number of benzene rings is 1. The van der Waals surface area contributed by atoms with Crippen LogP contribution in [0.4, 0.5) is 0 Å². The van der Waals surface area contributed by atoms with Gasteiger partial charge in [0.2, 0.25) is 10.9 Å². The van der Waals surface area contributed by atoms with Gasteiger partial charge in [-0.2, -0.15) is 0 Å². The van der Waals surface area contributed by atoms with E-state index in [2.05, 4.69) is 4.72 Å². The van der Waals surface area contributed by atoms with Crippen molar-refractivity contribution < 1.29 is 17.6 Å². The number of nitrogens with zero attached hydrogens (tertiary/aromatic N) is 2. The molecule has 2 aromatic heterocycles. The predicted octanol–water partition coefficient (Wildman–Crippen LogP) is 2.52. The van der Waals surface area contributed by atoms with Crippen LogP contribution in [0.2, 0.25) is 0 Å². The van der Waals surface area contributed by atoms with Crippen molar-refractivity contribution >= 4 is 22.0 Å². The van der Waals surface area contributed by atoms with E-state index in [0.717, 1.165) is 40.9 Å². The number of oxazole rings is 1. The van der Waals surface area contributed by atoms with Crippen LogP contribution in [0, 0.1) is 0 Å². The molecule has 0 amide bonds. The molecular formula is C21H25N3O5S. The summed E-state index contributed by atoms with van der Waals surface area (Å²) in [6, 6.07) is 5.61. The summed E-state index contributed by atoms with van der Waals surface area (Å²) < 4.78 is 37.1. The summed E-state index contributed by atoms with van der Waals surface area (Å²) >= 11 is 0. The average molecular weight is 432 g/mol. The maximum Gasteiger partial charge on any atom is 0.292 e. The van der Waals surface area contributed by atoms with Gasteiger partial charge in [0.1, 0.15) is 5.52 Å². The molecule has 0 radical (unpaired) electrons. The Morgan fingerprint density at radius 3 is 2.73 bits per heavy atom. The number of thiol groups is 1. The summed E-state index contributed by atoms with van der Waals surface area (Å²) in [7, 11) is 0.504. The lowest BCUT2D eigenvalue weighted by Gasteiger charge is -2.10. The van der Waals surface area contributed by atoms with Crippen molar-refractivity contribution in [3.8, 4) is 16.9 Å². The van der Waals surface area contributed by atoms with Crippen molar-refractivity contribution in [1.29, 1.82) is 0 Å². The second-order valence-corrected chi connectivity index (χ2v) is 8.48. The van der Waals surface area contributed by atoms with Gasteiger partial charge in [-0.15, -0.1) is 0 Å². The number of hydrogen-bond acceptors (Lipinski definition) is 6. The van der Waals surface area contributed by atoms with Crippen molar-refractivity contribution in [3.63, 3.8) is 0 Å². The van der Waals surface area contributed by atoms with Crippen LogP contribution < -0.4 is 15.0 Å². The smallest absolute Gasteiger partial charge is 0.292 e. The highest BCUT2D eigenvalue weighted by atomic mass is 32.2. The molecule has 2 heterocycles. The Morgan fingerprint density at radius 2 is 2.03 bits per heavy atom. The highest BCUT2D eigenvalue weighted by Gasteiger charge is 2.24. The largest absolute Gasteiger partial charge is 0.491 e. The van der Waals surface area contributed by atoms with Crippen molar-refractivity contribution in [2.45, 2.75) is 38.0 Å². The molecule has 4 rings (SSSR count). The maximum atomic E-state index is 12.2. The van der Waals surface area contributed by atoms with Gasteiger partial charge in [0.05, 0.1) is 7.11 Å². The number of pyridine rings is 1. The first-order valence-electron chi connectivity index (χ1n) is 10.0. The van der Waals surface area contributed by atoms with Gasteiger partial charge in [0.25, 0.3) is 5.56 Å². The van der Waals surface area contributed by atoms with Gasteiger partial charge in [0, 0.05) is 36.8 Å². The Kier molecular flexibility index (Phi) is 5.92. The van der Waals surface area contributed by atoms with Gasteiger partial charge in [-0.3, -0.25) is 4.79 Å². The van der Waals surface area contributed by atoms with Crippen molar-refractivity contribution in [3.05, 3.63) is 46.2 Å². The highest BCUT2D eigenvalue weighted by Crippen LogP contribution is 2.38. The number of fused-ring (bicyclic) bond motifs is 1. The third-order valence-electron chi connectivity index (χ3n) is 5.61. The maximum absolute atomic E-state index is 12.2. The monoisotopic (exact) mass is 431 g/mol. The molecule has 1 aromatic carbocycles. The van der Waals surface area contributed by atoms with E-state index in [1.165, 1.54) is 24.5 Å². The van der Waals surface area contributed by atoms with Crippen molar-refractivity contribution in [2.24, 2.45) is 7.05 Å². The molecule has 1 N–H and O–H groups in total. The fourth-order valence-electron chi connectivity index (χ4n) is 4.08. The van der Waals surface area contributed by atoms with Crippen LogP contribution in [0.5, 0.6) is 5.75 Å². The molecule has 0 saturated heterocycles. The Bertz CT molecular complexity index is 1200. The topological polar surface area (TPSA) is 103 Å². The lowest BCUT2D eigenvalue weighted by atomic mass is 10.0. The zero-order valence-corrected chi connectivity index (χ0v) is 17.9. The van der Waals surface area contributed by atoms with Gasteiger partial charge < -0.3 is 13.7 Å². The Balaban J connectivity index is 1.84. The first-order valence-corrected chi connectivity index (χ1v) is 11.2. The number of aryl methyl sites for hydroxylation is 1. The second kappa shape index (κ2) is 8.61. The van der Waals surface area contributed by atoms with E-state index in [1.54, 1.807) is 19.3 Å². The third kappa shape index (κ3) is 4.13. The van der Waals surface area contributed by atoms with E-state index >= 15 is 0 Å². The van der Waals surface area contributed by atoms with Crippen LogP contribution in [0.15, 0.2) is 33.6 Å². The minimum absolute atomic E-state index is 0.221. The molecule has 30 heavy (non-hydrogen) atoms. The molecule has 9 heteroatoms. The summed E-state index contributed by atoms with van der Waals surface area (Å²) in [6.07, 6.45) is 6.76. The van der Waals surface area contributed by atoms with Gasteiger partial charge >= 0.3 is 0 Å². The minimum atomic E-state index is -2.64. The van der Waals surface area contributed by atoms with E-state index < -0.39 is 10.9 Å². The summed E-state index contributed by atoms with van der Waals surface area (Å²) in [4.78, 5) is 17.0. The minimum Gasteiger partial charge on any atom is -0.491 e. The molecule has 0 unspecified atom stereocenters. The van der Waals surface area contributed by atoms with Crippen LogP contribution in [-0.2, 0) is 24.4 Å². The molecule has 160 valence electrons. The predicted molar refractivity (Wildman–Crippen MR) is 114 cm³/mol. The molecule has 8 nitrogen and oxygen atoms in total. The molecule has 0 spiro atoms. The average Bonchev–Trinajstić information content (AvgIpc) is 3.38. The zero-order chi connectivity index (χ0) is 21.3. The standard InChI is InChI=1S/C21H25N3O5S/c1-24-12-15(11-18(28-2)21(24)25)16-9-13(7-8-22-30(26)27)10-17-19(16)29-20(23-17)14-5-3-4-6-14/h9-12,14,30H,3-8H2,1-2H3,(H,22,26,27). The lowest BCUT2D eigenvalue weighted by molar-refractivity contribution is 0.405. The summed E-state index contributed by atoms with van der Waals surface area (Å²) in [5, 5.41) is 0. The van der Waals surface area contributed by atoms with Gasteiger partial charge in [-0.1, -0.05) is 12.8 Å². The van der Waals surface area contributed by atoms with Gasteiger partial charge in [-0.05, 0) is 43.0 Å². The fourth-order valence-corrected chi connectivity index (χ4v) is 4.38. The molecule has 1 aliphatic rings. The molecule has 1 saturated carbocycles. The number of hydrogen-bond donors (Lipinski definition) is 2. The Morgan fingerprint density at radius 1 is 1.27 bits per heavy atom. The molecule has 1 aliphatic carbocycles. The number of nitrogens with one attached hydrogen (secondary N) is 1. The molecule has 1 fully saturated rings. The van der Waals surface area contributed by atoms with Crippen LogP contribution in [0.25, 0.3) is 22.2 Å². The number of methoxy groups -OCH3 is 1. The zero-order valence-electron chi connectivity index (χ0n) is 17.0.